The molecule has 0 aliphatic rings. The largest absolute Gasteiger partial charge is 0.364 e. The smallest absolute Gasteiger partial charge is 0.261 e. The number of H-pyrrole nitrogens is 2. The average Bonchev–Trinajstić information content (AvgIpc) is 3.01. The van der Waals surface area contributed by atoms with Crippen molar-refractivity contribution in [3.63, 3.8) is 0 Å². The molecule has 6 nitrogen and oxygen atoms in total. The molecule has 6 heteroatoms. The molecule has 0 aliphatic heterocycles. The molecule has 0 fully saturated rings. The van der Waals surface area contributed by atoms with Gasteiger partial charge >= 0.3 is 0 Å². The molecule has 1 aromatic carbocycles. The van der Waals surface area contributed by atoms with Crippen LogP contribution in [0.15, 0.2) is 53.7 Å². The Hall–Kier alpha value is -3.15. The minimum absolute atomic E-state index is 0.0827. The summed E-state index contributed by atoms with van der Waals surface area (Å²) in [5.74, 6) is -0.439. The number of aromatic nitrogens is 3. The van der Waals surface area contributed by atoms with Crippen LogP contribution in [-0.2, 0) is 0 Å². The van der Waals surface area contributed by atoms with Gasteiger partial charge in [0.2, 0.25) is 0 Å². The van der Waals surface area contributed by atoms with Crippen molar-refractivity contribution in [2.75, 3.05) is 5.32 Å². The van der Waals surface area contributed by atoms with Crippen LogP contribution in [0.3, 0.4) is 0 Å². The van der Waals surface area contributed by atoms with Gasteiger partial charge in [0.1, 0.15) is 5.56 Å². The minimum Gasteiger partial charge on any atom is -0.364 e. The van der Waals surface area contributed by atoms with E-state index < -0.39 is 5.91 Å². The van der Waals surface area contributed by atoms with Gasteiger partial charge in [0.15, 0.2) is 5.43 Å². The second-order valence-corrected chi connectivity index (χ2v) is 4.92. The Morgan fingerprint density at radius 3 is 2.77 bits per heavy atom. The summed E-state index contributed by atoms with van der Waals surface area (Å²) in [7, 11) is 0. The molecule has 22 heavy (non-hydrogen) atoms. The number of carbonyl (C=O) groups excluding carboxylic acids is 1. The molecule has 3 aromatic rings. The van der Waals surface area contributed by atoms with Gasteiger partial charge in [-0.15, -0.1) is 0 Å². The fraction of sp³-hybridized carbons (Fsp3) is 0.0625. The van der Waals surface area contributed by atoms with Crippen molar-refractivity contribution in [2.45, 2.75) is 6.92 Å². The molecular weight excluding hydrogens is 280 g/mol. The highest BCUT2D eigenvalue weighted by Gasteiger charge is 2.11. The van der Waals surface area contributed by atoms with E-state index in [1.807, 2.05) is 18.2 Å². The van der Waals surface area contributed by atoms with Gasteiger partial charge in [-0.1, -0.05) is 12.1 Å². The maximum Gasteiger partial charge on any atom is 0.261 e. The van der Waals surface area contributed by atoms with Crippen LogP contribution >= 0.6 is 0 Å². The number of pyridine rings is 1. The van der Waals surface area contributed by atoms with E-state index in [1.165, 1.54) is 12.3 Å². The highest BCUT2D eigenvalue weighted by molar-refractivity contribution is 6.04. The second-order valence-electron chi connectivity index (χ2n) is 4.92. The second kappa shape index (κ2) is 5.69. The zero-order valence-electron chi connectivity index (χ0n) is 11.9. The molecule has 0 aliphatic carbocycles. The lowest BCUT2D eigenvalue weighted by atomic mass is 10.1. The molecule has 0 bridgehead atoms. The molecule has 3 N–H and O–H groups in total. The number of anilines is 1. The fourth-order valence-electron chi connectivity index (χ4n) is 2.13. The van der Waals surface area contributed by atoms with Crippen LogP contribution in [-0.4, -0.2) is 21.1 Å². The number of benzene rings is 1. The number of carbonyl (C=O) groups is 1. The van der Waals surface area contributed by atoms with Gasteiger partial charge in [0.25, 0.3) is 5.91 Å². The summed E-state index contributed by atoms with van der Waals surface area (Å²) in [6.07, 6.45) is 4.89. The molecule has 0 spiro atoms. The number of hydrogen-bond acceptors (Lipinski definition) is 3. The third kappa shape index (κ3) is 2.80. The summed E-state index contributed by atoms with van der Waals surface area (Å²) in [4.78, 5) is 26.9. The first-order chi connectivity index (χ1) is 10.6. The summed E-state index contributed by atoms with van der Waals surface area (Å²) < 4.78 is 0. The van der Waals surface area contributed by atoms with Crippen molar-refractivity contribution in [1.82, 2.24) is 15.2 Å². The Bertz CT molecular complexity index is 866. The first-order valence-electron chi connectivity index (χ1n) is 6.73. The predicted molar refractivity (Wildman–Crippen MR) is 83.8 cm³/mol. The SMILES string of the molecule is Cc1cc(=O)c(C(=O)Nc2cccc(-c3cn[nH]c3)c2)c[nH]1. The highest BCUT2D eigenvalue weighted by Crippen LogP contribution is 2.21. The molecular formula is C16H14N4O2. The van der Waals surface area contributed by atoms with Crippen molar-refractivity contribution < 1.29 is 4.79 Å². The van der Waals surface area contributed by atoms with Crippen LogP contribution < -0.4 is 10.7 Å². The number of aromatic amines is 2. The van der Waals surface area contributed by atoms with E-state index in [-0.39, 0.29) is 11.0 Å². The van der Waals surface area contributed by atoms with Gasteiger partial charge in [-0.25, -0.2) is 0 Å². The van der Waals surface area contributed by atoms with Gasteiger partial charge in [-0.2, -0.15) is 5.10 Å². The lowest BCUT2D eigenvalue weighted by molar-refractivity contribution is 0.102. The third-order valence-corrected chi connectivity index (χ3v) is 3.25. The zero-order valence-corrected chi connectivity index (χ0v) is 11.9. The summed E-state index contributed by atoms with van der Waals surface area (Å²) in [5.41, 5.74) is 2.94. The lowest BCUT2D eigenvalue weighted by Crippen LogP contribution is -2.21. The van der Waals surface area contributed by atoms with Gasteiger partial charge < -0.3 is 10.3 Å². The quantitative estimate of drug-likeness (QED) is 0.692. The minimum atomic E-state index is -0.439. The van der Waals surface area contributed by atoms with Gasteiger partial charge in [-0.05, 0) is 24.6 Å². The number of aryl methyl sites for hydroxylation is 1. The van der Waals surface area contributed by atoms with Gasteiger partial charge in [-0.3, -0.25) is 14.7 Å². The molecule has 2 heterocycles. The highest BCUT2D eigenvalue weighted by atomic mass is 16.2. The monoisotopic (exact) mass is 294 g/mol. The topological polar surface area (TPSA) is 90.6 Å². The van der Waals surface area contributed by atoms with Crippen LogP contribution in [0.25, 0.3) is 11.1 Å². The van der Waals surface area contributed by atoms with Gasteiger partial charge in [0.05, 0.1) is 6.20 Å². The normalized spacial score (nSPS) is 10.4. The molecule has 0 saturated heterocycles. The maximum absolute atomic E-state index is 12.2. The molecule has 110 valence electrons. The Morgan fingerprint density at radius 2 is 2.05 bits per heavy atom. The molecule has 0 saturated carbocycles. The standard InChI is InChI=1S/C16H14N4O2/c1-10-5-15(21)14(9-17-10)16(22)20-13-4-2-3-11(6-13)12-7-18-19-8-12/h2-9H,1H3,(H,17,21)(H,18,19)(H,20,22). The van der Waals surface area contributed by atoms with E-state index in [9.17, 15) is 9.59 Å². The number of nitrogens with one attached hydrogen (secondary N) is 3. The van der Waals surface area contributed by atoms with Crippen LogP contribution in [0.4, 0.5) is 5.69 Å². The van der Waals surface area contributed by atoms with E-state index in [4.69, 9.17) is 0 Å². The predicted octanol–water partition coefficient (Wildman–Crippen LogP) is 2.33. The summed E-state index contributed by atoms with van der Waals surface area (Å²) in [6, 6.07) is 8.74. The number of amides is 1. The molecule has 2 aromatic heterocycles. The third-order valence-electron chi connectivity index (χ3n) is 3.25. The summed E-state index contributed by atoms with van der Waals surface area (Å²) in [6.45, 7) is 1.76. The van der Waals surface area contributed by atoms with Crippen molar-refractivity contribution in [2.24, 2.45) is 0 Å². The van der Waals surface area contributed by atoms with Gasteiger partial charge in [0, 0.05) is 35.4 Å². The summed E-state index contributed by atoms with van der Waals surface area (Å²) in [5, 5.41) is 9.37. The molecule has 1 amide bonds. The van der Waals surface area contributed by atoms with Crippen LogP contribution in [0, 0.1) is 6.92 Å². The Balaban J connectivity index is 1.85. The van der Waals surface area contributed by atoms with Crippen molar-refractivity contribution >= 4 is 11.6 Å². The maximum atomic E-state index is 12.2. The van der Waals surface area contributed by atoms with E-state index in [0.717, 1.165) is 11.1 Å². The zero-order chi connectivity index (χ0) is 15.5. The summed E-state index contributed by atoms with van der Waals surface area (Å²) >= 11 is 0. The number of nitrogens with zero attached hydrogens (tertiary/aromatic N) is 1. The number of rotatable bonds is 3. The Kier molecular flexibility index (Phi) is 3.57. The molecule has 0 unspecified atom stereocenters. The van der Waals surface area contributed by atoms with Crippen LogP contribution in [0.5, 0.6) is 0 Å². The molecule has 0 radical (unpaired) electrons. The van der Waals surface area contributed by atoms with E-state index in [0.29, 0.717) is 11.4 Å². The molecule has 0 atom stereocenters. The lowest BCUT2D eigenvalue weighted by Gasteiger charge is -2.06. The van der Waals surface area contributed by atoms with Crippen LogP contribution in [0.1, 0.15) is 16.1 Å². The average molecular weight is 294 g/mol. The van der Waals surface area contributed by atoms with Crippen LogP contribution in [0.2, 0.25) is 0 Å². The van der Waals surface area contributed by atoms with E-state index >= 15 is 0 Å². The first kappa shape index (κ1) is 13.8. The fourth-order valence-corrected chi connectivity index (χ4v) is 2.13. The Labute approximate surface area is 126 Å². The first-order valence-corrected chi connectivity index (χ1v) is 6.73. The van der Waals surface area contributed by atoms with Crippen molar-refractivity contribution in [3.8, 4) is 11.1 Å². The van der Waals surface area contributed by atoms with E-state index in [1.54, 1.807) is 25.4 Å². The van der Waals surface area contributed by atoms with E-state index in [2.05, 4.69) is 20.5 Å². The Morgan fingerprint density at radius 1 is 1.18 bits per heavy atom. The molecule has 3 rings (SSSR count). The van der Waals surface area contributed by atoms with Crippen molar-refractivity contribution in [1.29, 1.82) is 0 Å². The van der Waals surface area contributed by atoms with Crippen molar-refractivity contribution in [3.05, 3.63) is 70.4 Å². The number of hydrogen-bond donors (Lipinski definition) is 3.